The van der Waals surface area contributed by atoms with E-state index in [1.807, 2.05) is 6.92 Å². The summed E-state index contributed by atoms with van der Waals surface area (Å²) < 4.78 is 5.48. The molecule has 32 heavy (non-hydrogen) atoms. The maximum Gasteiger partial charge on any atom is 0.342 e. The molecule has 1 aromatic carbocycles. The average Bonchev–Trinajstić information content (AvgIpc) is 2.73. The highest BCUT2D eigenvalue weighted by Crippen LogP contribution is 2.48. The van der Waals surface area contributed by atoms with Crippen molar-refractivity contribution in [3.05, 3.63) is 46.6 Å². The Balaban J connectivity index is 2.45. The van der Waals surface area contributed by atoms with Gasteiger partial charge >= 0.3 is 5.97 Å². The van der Waals surface area contributed by atoms with Gasteiger partial charge in [-0.1, -0.05) is 43.6 Å². The first kappa shape index (κ1) is 26.0. The van der Waals surface area contributed by atoms with Crippen LogP contribution in [-0.2, 0) is 11.2 Å². The van der Waals surface area contributed by atoms with Crippen LogP contribution in [0.3, 0.4) is 0 Å². The first-order valence-corrected chi connectivity index (χ1v) is 12.0. The molecule has 0 spiro atoms. The SMILES string of the molecule is C=C(C)C1CCC(C)=CC1c1c(O)cc(CCCCC)c(C(=O)OCCCCCO)c1O. The highest BCUT2D eigenvalue weighted by molar-refractivity contribution is 5.95. The third-order valence-electron chi connectivity index (χ3n) is 6.40. The number of aliphatic hydroxyl groups excluding tert-OH is 1. The number of unbranched alkanes of at least 4 members (excludes halogenated alkanes) is 4. The first-order chi connectivity index (χ1) is 15.3. The van der Waals surface area contributed by atoms with E-state index in [-0.39, 0.29) is 42.1 Å². The van der Waals surface area contributed by atoms with Crippen LogP contribution in [0.1, 0.15) is 99.5 Å². The van der Waals surface area contributed by atoms with Crippen LogP contribution in [0.2, 0.25) is 0 Å². The van der Waals surface area contributed by atoms with Crippen LogP contribution >= 0.6 is 0 Å². The number of hydrogen-bond acceptors (Lipinski definition) is 5. The molecule has 1 aromatic rings. The molecule has 1 aliphatic rings. The largest absolute Gasteiger partial charge is 0.507 e. The number of allylic oxidation sites excluding steroid dienone is 3. The number of hydrogen-bond donors (Lipinski definition) is 3. The lowest BCUT2D eigenvalue weighted by Crippen LogP contribution is -2.19. The molecule has 0 saturated carbocycles. The van der Waals surface area contributed by atoms with Crippen molar-refractivity contribution >= 4 is 5.97 Å². The van der Waals surface area contributed by atoms with Crippen molar-refractivity contribution in [3.63, 3.8) is 0 Å². The van der Waals surface area contributed by atoms with Crippen LogP contribution < -0.4 is 0 Å². The van der Waals surface area contributed by atoms with Gasteiger partial charge in [-0.05, 0) is 76.3 Å². The van der Waals surface area contributed by atoms with E-state index in [4.69, 9.17) is 9.84 Å². The number of phenols is 2. The zero-order valence-corrected chi connectivity index (χ0v) is 20.0. The van der Waals surface area contributed by atoms with Gasteiger partial charge in [-0.2, -0.15) is 0 Å². The summed E-state index contributed by atoms with van der Waals surface area (Å²) in [5.74, 6) is -0.844. The number of phenolic OH excluding ortho intramolecular Hbond substituents is 2. The Morgan fingerprint density at radius 2 is 1.94 bits per heavy atom. The van der Waals surface area contributed by atoms with Crippen LogP contribution in [0.25, 0.3) is 0 Å². The van der Waals surface area contributed by atoms with Crippen LogP contribution in [0.4, 0.5) is 0 Å². The van der Waals surface area contributed by atoms with Crippen LogP contribution in [-0.4, -0.2) is 34.5 Å². The van der Waals surface area contributed by atoms with Crippen LogP contribution in [0.15, 0.2) is 29.9 Å². The Labute approximate surface area is 192 Å². The topological polar surface area (TPSA) is 87.0 Å². The van der Waals surface area contributed by atoms with E-state index in [1.165, 1.54) is 5.57 Å². The normalized spacial score (nSPS) is 18.3. The van der Waals surface area contributed by atoms with Gasteiger partial charge in [-0.25, -0.2) is 4.79 Å². The molecule has 5 heteroatoms. The number of ether oxygens (including phenoxy) is 1. The lowest BCUT2D eigenvalue weighted by atomic mass is 9.73. The molecule has 2 unspecified atom stereocenters. The van der Waals surface area contributed by atoms with E-state index < -0.39 is 5.97 Å². The maximum absolute atomic E-state index is 13.0. The minimum Gasteiger partial charge on any atom is -0.507 e. The van der Waals surface area contributed by atoms with Crippen molar-refractivity contribution in [2.75, 3.05) is 13.2 Å². The third-order valence-corrected chi connectivity index (χ3v) is 6.40. The zero-order chi connectivity index (χ0) is 23.7. The molecule has 1 aliphatic carbocycles. The quantitative estimate of drug-likeness (QED) is 0.204. The Morgan fingerprint density at radius 3 is 2.59 bits per heavy atom. The van der Waals surface area contributed by atoms with Gasteiger partial charge in [0.15, 0.2) is 0 Å². The summed E-state index contributed by atoms with van der Waals surface area (Å²) in [7, 11) is 0. The minimum absolute atomic E-state index is 0.0238. The summed E-state index contributed by atoms with van der Waals surface area (Å²) in [5, 5.41) is 31.2. The molecular formula is C27H40O5. The lowest BCUT2D eigenvalue weighted by Gasteiger charge is -2.32. The second kappa shape index (κ2) is 12.7. The Morgan fingerprint density at radius 1 is 1.19 bits per heavy atom. The number of benzene rings is 1. The van der Waals surface area contributed by atoms with E-state index in [2.05, 4.69) is 26.5 Å². The molecule has 178 valence electrons. The van der Waals surface area contributed by atoms with Gasteiger partial charge in [0.05, 0.1) is 6.61 Å². The molecule has 3 N–H and O–H groups in total. The molecular weight excluding hydrogens is 404 g/mol. The molecule has 0 amide bonds. The maximum atomic E-state index is 13.0. The van der Waals surface area contributed by atoms with Gasteiger partial charge < -0.3 is 20.1 Å². The lowest BCUT2D eigenvalue weighted by molar-refractivity contribution is 0.0491. The Kier molecular flexibility index (Phi) is 10.3. The number of esters is 1. The molecule has 0 fully saturated rings. The summed E-state index contributed by atoms with van der Waals surface area (Å²) >= 11 is 0. The Bertz CT molecular complexity index is 824. The van der Waals surface area contributed by atoms with Crippen molar-refractivity contribution in [3.8, 4) is 11.5 Å². The van der Waals surface area contributed by atoms with E-state index >= 15 is 0 Å². The van der Waals surface area contributed by atoms with Crippen molar-refractivity contribution in [2.24, 2.45) is 5.92 Å². The molecule has 5 nitrogen and oxygen atoms in total. The van der Waals surface area contributed by atoms with Crippen LogP contribution in [0.5, 0.6) is 11.5 Å². The molecule has 0 aliphatic heterocycles. The van der Waals surface area contributed by atoms with Gasteiger partial charge in [-0.3, -0.25) is 0 Å². The molecule has 0 saturated heterocycles. The molecule has 2 atom stereocenters. The average molecular weight is 445 g/mol. The van der Waals surface area contributed by atoms with Gasteiger partial charge in [0.2, 0.25) is 0 Å². The number of carbonyl (C=O) groups is 1. The minimum atomic E-state index is -0.553. The third kappa shape index (κ3) is 6.61. The Hall–Kier alpha value is -2.27. The summed E-state index contributed by atoms with van der Waals surface area (Å²) in [6.45, 7) is 10.6. The fourth-order valence-corrected chi connectivity index (χ4v) is 4.58. The summed E-state index contributed by atoms with van der Waals surface area (Å²) in [6, 6.07) is 1.64. The second-order valence-electron chi connectivity index (χ2n) is 9.10. The van der Waals surface area contributed by atoms with Gasteiger partial charge in [-0.15, -0.1) is 0 Å². The molecule has 0 heterocycles. The number of aliphatic hydroxyl groups is 1. The second-order valence-corrected chi connectivity index (χ2v) is 9.10. The molecule has 2 rings (SSSR count). The monoisotopic (exact) mass is 444 g/mol. The fourth-order valence-electron chi connectivity index (χ4n) is 4.58. The number of aryl methyl sites for hydroxylation is 1. The number of aromatic hydroxyl groups is 2. The molecule has 0 radical (unpaired) electrons. The summed E-state index contributed by atoms with van der Waals surface area (Å²) in [6.07, 6.45) is 9.52. The van der Waals surface area contributed by atoms with Gasteiger partial charge in [0.1, 0.15) is 17.1 Å². The first-order valence-electron chi connectivity index (χ1n) is 12.0. The van der Waals surface area contributed by atoms with Crippen molar-refractivity contribution in [1.82, 2.24) is 0 Å². The molecule has 0 bridgehead atoms. The van der Waals surface area contributed by atoms with E-state index in [9.17, 15) is 15.0 Å². The predicted molar refractivity (Wildman–Crippen MR) is 128 cm³/mol. The highest BCUT2D eigenvalue weighted by atomic mass is 16.5. The fraction of sp³-hybridized carbons (Fsp3) is 0.593. The van der Waals surface area contributed by atoms with Gasteiger partial charge in [0, 0.05) is 18.1 Å². The van der Waals surface area contributed by atoms with Gasteiger partial charge in [0.25, 0.3) is 0 Å². The van der Waals surface area contributed by atoms with E-state index in [0.717, 1.165) is 44.1 Å². The summed E-state index contributed by atoms with van der Waals surface area (Å²) in [5.41, 5.74) is 3.39. The van der Waals surface area contributed by atoms with E-state index in [0.29, 0.717) is 30.4 Å². The van der Waals surface area contributed by atoms with Crippen molar-refractivity contribution in [2.45, 2.75) is 84.5 Å². The predicted octanol–water partition coefficient (Wildman–Crippen LogP) is 6.17. The molecule has 0 aromatic heterocycles. The number of carbonyl (C=O) groups excluding carboxylic acids is 1. The zero-order valence-electron chi connectivity index (χ0n) is 20.0. The number of rotatable bonds is 12. The van der Waals surface area contributed by atoms with Crippen molar-refractivity contribution < 1.29 is 24.9 Å². The summed E-state index contributed by atoms with van der Waals surface area (Å²) in [4.78, 5) is 13.0. The highest BCUT2D eigenvalue weighted by Gasteiger charge is 2.33. The van der Waals surface area contributed by atoms with Crippen molar-refractivity contribution in [1.29, 1.82) is 0 Å². The van der Waals surface area contributed by atoms with E-state index in [1.54, 1.807) is 6.07 Å². The smallest absolute Gasteiger partial charge is 0.342 e. The standard InChI is InChI=1S/C27H40O5/c1-5-6-8-11-20-17-23(29)25(22-16-19(4)12-13-21(22)18(2)3)26(30)24(20)27(31)32-15-10-7-9-14-28/h16-17,21-22,28-30H,2,5-15H2,1,3-4H3. The van der Waals surface area contributed by atoms with Crippen LogP contribution in [0, 0.1) is 5.92 Å².